The van der Waals surface area contributed by atoms with E-state index in [4.69, 9.17) is 5.73 Å². The minimum atomic E-state index is -5.13. The molecular formula is C11H9ClF9N. The SMILES string of the molecule is Cl.N[C@@H](CC(F)(F)F)c1cc(C(F)(F)F)cc(C(F)(F)F)c1. The Morgan fingerprint density at radius 2 is 1.14 bits per heavy atom. The van der Waals surface area contributed by atoms with E-state index < -0.39 is 47.7 Å². The Labute approximate surface area is 124 Å². The van der Waals surface area contributed by atoms with Crippen LogP contribution in [0, 0.1) is 0 Å². The number of alkyl halides is 9. The van der Waals surface area contributed by atoms with Gasteiger partial charge in [0.05, 0.1) is 17.5 Å². The van der Waals surface area contributed by atoms with Gasteiger partial charge in [-0.05, 0) is 23.8 Å². The molecule has 22 heavy (non-hydrogen) atoms. The zero-order chi connectivity index (χ0) is 16.6. The summed E-state index contributed by atoms with van der Waals surface area (Å²) in [5.74, 6) is 0. The van der Waals surface area contributed by atoms with E-state index in [1.165, 1.54) is 0 Å². The van der Waals surface area contributed by atoms with Crippen LogP contribution in [0.5, 0.6) is 0 Å². The first-order valence-electron chi connectivity index (χ1n) is 5.32. The molecule has 11 heteroatoms. The number of benzene rings is 1. The lowest BCUT2D eigenvalue weighted by atomic mass is 9.98. The highest BCUT2D eigenvalue weighted by Gasteiger charge is 2.38. The number of hydrogen-bond donors (Lipinski definition) is 1. The minimum absolute atomic E-state index is 0. The lowest BCUT2D eigenvalue weighted by Crippen LogP contribution is -2.22. The average molecular weight is 362 g/mol. The Morgan fingerprint density at radius 3 is 1.41 bits per heavy atom. The predicted molar refractivity (Wildman–Crippen MR) is 61.3 cm³/mol. The maximum Gasteiger partial charge on any atom is 0.416 e. The summed E-state index contributed by atoms with van der Waals surface area (Å²) < 4.78 is 111. The van der Waals surface area contributed by atoms with Gasteiger partial charge in [0.2, 0.25) is 0 Å². The van der Waals surface area contributed by atoms with Gasteiger partial charge in [0.15, 0.2) is 0 Å². The molecule has 1 aromatic rings. The smallest absolute Gasteiger partial charge is 0.324 e. The van der Waals surface area contributed by atoms with Crippen molar-refractivity contribution in [2.24, 2.45) is 5.73 Å². The van der Waals surface area contributed by atoms with Crippen molar-refractivity contribution in [1.29, 1.82) is 0 Å². The molecule has 0 radical (unpaired) electrons. The fourth-order valence-electron chi connectivity index (χ4n) is 1.56. The van der Waals surface area contributed by atoms with Crippen LogP contribution >= 0.6 is 12.4 Å². The fourth-order valence-corrected chi connectivity index (χ4v) is 1.56. The van der Waals surface area contributed by atoms with Gasteiger partial charge in [-0.1, -0.05) is 0 Å². The molecular weight excluding hydrogens is 353 g/mol. The van der Waals surface area contributed by atoms with Crippen molar-refractivity contribution in [1.82, 2.24) is 0 Å². The van der Waals surface area contributed by atoms with Crippen LogP contribution in [0.2, 0.25) is 0 Å². The van der Waals surface area contributed by atoms with E-state index in [1.807, 2.05) is 0 Å². The third-order valence-corrected chi connectivity index (χ3v) is 2.49. The van der Waals surface area contributed by atoms with Gasteiger partial charge in [-0.2, -0.15) is 39.5 Å². The molecule has 0 saturated carbocycles. The van der Waals surface area contributed by atoms with E-state index in [0.29, 0.717) is 0 Å². The molecule has 0 aliphatic heterocycles. The zero-order valence-electron chi connectivity index (χ0n) is 10.4. The van der Waals surface area contributed by atoms with Crippen LogP contribution in [0.4, 0.5) is 39.5 Å². The van der Waals surface area contributed by atoms with Crippen LogP contribution in [-0.4, -0.2) is 6.18 Å². The van der Waals surface area contributed by atoms with Gasteiger partial charge in [-0.15, -0.1) is 12.4 Å². The van der Waals surface area contributed by atoms with E-state index >= 15 is 0 Å². The molecule has 0 aliphatic rings. The van der Waals surface area contributed by atoms with E-state index in [1.54, 1.807) is 0 Å². The summed E-state index contributed by atoms with van der Waals surface area (Å²) >= 11 is 0. The second-order valence-corrected chi connectivity index (χ2v) is 4.27. The Bertz CT molecular complexity index is 472. The summed E-state index contributed by atoms with van der Waals surface area (Å²) in [7, 11) is 0. The van der Waals surface area contributed by atoms with Gasteiger partial charge in [0, 0.05) is 6.04 Å². The zero-order valence-corrected chi connectivity index (χ0v) is 11.2. The Hall–Kier alpha value is -1.16. The summed E-state index contributed by atoms with van der Waals surface area (Å²) in [4.78, 5) is 0. The predicted octanol–water partition coefficient (Wildman–Crippen LogP) is 5.10. The van der Waals surface area contributed by atoms with Crippen LogP contribution in [0.15, 0.2) is 18.2 Å². The topological polar surface area (TPSA) is 26.0 Å². The molecule has 1 aromatic carbocycles. The second-order valence-electron chi connectivity index (χ2n) is 4.27. The van der Waals surface area contributed by atoms with Gasteiger partial charge in [0.1, 0.15) is 0 Å². The lowest BCUT2D eigenvalue weighted by Gasteiger charge is -2.18. The third-order valence-electron chi connectivity index (χ3n) is 2.49. The van der Waals surface area contributed by atoms with Crippen molar-refractivity contribution >= 4 is 12.4 Å². The van der Waals surface area contributed by atoms with Crippen molar-refractivity contribution in [2.45, 2.75) is 31.0 Å². The maximum absolute atomic E-state index is 12.5. The van der Waals surface area contributed by atoms with Gasteiger partial charge in [0.25, 0.3) is 0 Å². The normalized spacial score (nSPS) is 14.5. The molecule has 0 aliphatic carbocycles. The summed E-state index contributed by atoms with van der Waals surface area (Å²) in [5.41, 5.74) is 0.763. The van der Waals surface area contributed by atoms with Crippen LogP contribution in [0.1, 0.15) is 29.2 Å². The third kappa shape index (κ3) is 5.91. The van der Waals surface area contributed by atoms with Gasteiger partial charge < -0.3 is 5.73 Å². The molecule has 0 bridgehead atoms. The Balaban J connectivity index is 0.00000441. The molecule has 0 aromatic heterocycles. The van der Waals surface area contributed by atoms with E-state index in [-0.39, 0.29) is 30.6 Å². The Morgan fingerprint density at radius 1 is 0.773 bits per heavy atom. The monoisotopic (exact) mass is 361 g/mol. The maximum atomic E-state index is 12.5. The van der Waals surface area contributed by atoms with E-state index in [0.717, 1.165) is 0 Å². The van der Waals surface area contributed by atoms with Gasteiger partial charge in [-0.25, -0.2) is 0 Å². The average Bonchev–Trinajstić information content (AvgIpc) is 2.23. The number of halogens is 10. The summed E-state index contributed by atoms with van der Waals surface area (Å²) in [6.45, 7) is 0. The number of rotatable bonds is 2. The Kier molecular flexibility index (Phi) is 6.19. The molecule has 2 N–H and O–H groups in total. The minimum Gasteiger partial charge on any atom is -0.324 e. The van der Waals surface area contributed by atoms with Crippen LogP contribution in [0.3, 0.4) is 0 Å². The summed E-state index contributed by atoms with van der Waals surface area (Å²) in [6.07, 6.45) is -16.8. The van der Waals surface area contributed by atoms with Crippen molar-refractivity contribution in [2.75, 3.05) is 0 Å². The molecule has 1 rings (SSSR count). The van der Waals surface area contributed by atoms with E-state index in [2.05, 4.69) is 0 Å². The second kappa shape index (κ2) is 6.53. The van der Waals surface area contributed by atoms with Crippen LogP contribution in [0.25, 0.3) is 0 Å². The van der Waals surface area contributed by atoms with Crippen molar-refractivity contribution in [3.63, 3.8) is 0 Å². The molecule has 1 nitrogen and oxygen atoms in total. The summed E-state index contributed by atoms with van der Waals surface area (Å²) in [5, 5.41) is 0. The number of nitrogens with two attached hydrogens (primary N) is 1. The molecule has 0 saturated heterocycles. The molecule has 0 fully saturated rings. The first kappa shape index (κ1) is 20.8. The molecule has 0 amide bonds. The standard InChI is InChI=1S/C11H8F9N.ClH/c12-9(13,14)4-8(21)5-1-6(10(15,16)17)3-7(2-5)11(18,19)20;/h1-3,8H,4,21H2;1H/t8-;/m0./s1. The highest BCUT2D eigenvalue weighted by Crippen LogP contribution is 2.38. The van der Waals surface area contributed by atoms with Crippen LogP contribution < -0.4 is 5.73 Å². The molecule has 0 heterocycles. The molecule has 1 atom stereocenters. The van der Waals surface area contributed by atoms with Gasteiger partial charge in [-0.3, -0.25) is 0 Å². The fraction of sp³-hybridized carbons (Fsp3) is 0.455. The first-order valence-corrected chi connectivity index (χ1v) is 5.32. The van der Waals surface area contributed by atoms with Crippen molar-refractivity contribution in [3.05, 3.63) is 34.9 Å². The first-order chi connectivity index (χ1) is 9.20. The molecule has 128 valence electrons. The molecule has 0 unspecified atom stereocenters. The summed E-state index contributed by atoms with van der Waals surface area (Å²) in [6, 6.07) is -1.82. The molecule has 0 spiro atoms. The van der Waals surface area contributed by atoms with Crippen molar-refractivity contribution in [3.8, 4) is 0 Å². The van der Waals surface area contributed by atoms with Crippen molar-refractivity contribution < 1.29 is 39.5 Å². The highest BCUT2D eigenvalue weighted by molar-refractivity contribution is 5.85. The lowest BCUT2D eigenvalue weighted by molar-refractivity contribution is -0.143. The largest absolute Gasteiger partial charge is 0.416 e. The quantitative estimate of drug-likeness (QED) is 0.729. The highest BCUT2D eigenvalue weighted by atomic mass is 35.5. The van der Waals surface area contributed by atoms with Crippen LogP contribution in [-0.2, 0) is 12.4 Å². The number of hydrogen-bond acceptors (Lipinski definition) is 1. The van der Waals surface area contributed by atoms with E-state index in [9.17, 15) is 39.5 Å². The van der Waals surface area contributed by atoms with Gasteiger partial charge >= 0.3 is 18.5 Å².